The number of rotatable bonds is 7. The predicted octanol–water partition coefficient (Wildman–Crippen LogP) is 1.60. The summed E-state index contributed by atoms with van der Waals surface area (Å²) in [7, 11) is 3.44. The summed E-state index contributed by atoms with van der Waals surface area (Å²) in [6.45, 7) is 12.1. The number of methoxy groups -OCH3 is 1. The molecule has 1 atom stereocenters. The second-order valence-electron chi connectivity index (χ2n) is 6.42. The van der Waals surface area contributed by atoms with Gasteiger partial charge in [0.15, 0.2) is 5.96 Å². The normalized spacial score (nSPS) is 13.4. The molecule has 1 unspecified atom stereocenters. The van der Waals surface area contributed by atoms with Crippen LogP contribution in [0, 0.1) is 11.3 Å². The fraction of sp³-hybridized carbons (Fsp3) is 0.867. The maximum atomic E-state index is 11.4. The van der Waals surface area contributed by atoms with Crippen molar-refractivity contribution in [2.75, 3.05) is 33.8 Å². The first kappa shape index (κ1) is 23.7. The van der Waals surface area contributed by atoms with Gasteiger partial charge < -0.3 is 20.7 Å². The lowest BCUT2D eigenvalue weighted by atomic mass is 9.89. The molecule has 0 heterocycles. The molecule has 0 spiro atoms. The van der Waals surface area contributed by atoms with E-state index in [2.05, 4.69) is 41.7 Å². The molecule has 0 aromatic heterocycles. The number of nitrogens with one attached hydrogen (secondary N) is 3. The third kappa shape index (κ3) is 10.2. The average Bonchev–Trinajstić information content (AvgIpc) is 2.39. The molecule has 3 N–H and O–H groups in total. The van der Waals surface area contributed by atoms with Gasteiger partial charge in [0, 0.05) is 39.7 Å². The van der Waals surface area contributed by atoms with E-state index in [1.54, 1.807) is 14.2 Å². The second kappa shape index (κ2) is 11.9. The second-order valence-corrected chi connectivity index (χ2v) is 6.42. The Labute approximate surface area is 152 Å². The Morgan fingerprint density at radius 2 is 1.68 bits per heavy atom. The van der Waals surface area contributed by atoms with Crippen LogP contribution >= 0.6 is 24.0 Å². The summed E-state index contributed by atoms with van der Waals surface area (Å²) >= 11 is 0. The maximum absolute atomic E-state index is 11.4. The fourth-order valence-corrected chi connectivity index (χ4v) is 1.72. The molecule has 0 saturated heterocycles. The Balaban J connectivity index is 0. The molecule has 0 aliphatic carbocycles. The van der Waals surface area contributed by atoms with E-state index in [4.69, 9.17) is 4.74 Å². The highest BCUT2D eigenvalue weighted by Crippen LogP contribution is 2.20. The number of amides is 1. The Morgan fingerprint density at radius 3 is 2.09 bits per heavy atom. The topological polar surface area (TPSA) is 74.8 Å². The Morgan fingerprint density at radius 1 is 1.14 bits per heavy atom. The Bertz CT molecular complexity index is 341. The van der Waals surface area contributed by atoms with Crippen molar-refractivity contribution in [1.82, 2.24) is 16.0 Å². The van der Waals surface area contributed by atoms with E-state index in [0.29, 0.717) is 25.6 Å². The third-order valence-corrected chi connectivity index (χ3v) is 3.17. The first-order valence-electron chi connectivity index (χ1n) is 7.47. The zero-order valence-corrected chi connectivity index (χ0v) is 17.3. The molecule has 0 bridgehead atoms. The SMILES string of the molecule is CN=C(NCCNC(=O)C(C)C)NCC(OC)C(C)(C)C.I. The van der Waals surface area contributed by atoms with Crippen molar-refractivity contribution in [2.24, 2.45) is 16.3 Å². The zero-order valence-electron chi connectivity index (χ0n) is 14.9. The van der Waals surface area contributed by atoms with Gasteiger partial charge in [-0.3, -0.25) is 9.79 Å². The summed E-state index contributed by atoms with van der Waals surface area (Å²) in [6.07, 6.45) is 0.0942. The minimum Gasteiger partial charge on any atom is -0.379 e. The largest absolute Gasteiger partial charge is 0.379 e. The molecule has 0 radical (unpaired) electrons. The number of nitrogens with zero attached hydrogens (tertiary/aromatic N) is 1. The standard InChI is InChI=1S/C15H32N4O2.HI/c1-11(2)13(20)17-8-9-18-14(16-6)19-10-12(21-7)15(3,4)5;/h11-12H,8-10H2,1-7H3,(H,17,20)(H2,16,18,19);1H. The summed E-state index contributed by atoms with van der Waals surface area (Å²) < 4.78 is 5.49. The quantitative estimate of drug-likeness (QED) is 0.249. The lowest BCUT2D eigenvalue weighted by Crippen LogP contribution is -2.47. The van der Waals surface area contributed by atoms with Crippen LogP contribution in [0.4, 0.5) is 0 Å². The van der Waals surface area contributed by atoms with Gasteiger partial charge in [-0.05, 0) is 5.41 Å². The van der Waals surface area contributed by atoms with Gasteiger partial charge >= 0.3 is 0 Å². The van der Waals surface area contributed by atoms with Crippen LogP contribution in [0.5, 0.6) is 0 Å². The van der Waals surface area contributed by atoms with Crippen molar-refractivity contribution in [2.45, 2.75) is 40.7 Å². The molecule has 0 aliphatic heterocycles. The van der Waals surface area contributed by atoms with Gasteiger partial charge in [0.05, 0.1) is 6.10 Å². The maximum Gasteiger partial charge on any atom is 0.222 e. The molecular weight excluding hydrogens is 395 g/mol. The minimum atomic E-state index is 0. The molecule has 22 heavy (non-hydrogen) atoms. The first-order chi connectivity index (χ1) is 9.72. The van der Waals surface area contributed by atoms with Crippen molar-refractivity contribution in [1.29, 1.82) is 0 Å². The van der Waals surface area contributed by atoms with Gasteiger partial charge in [-0.1, -0.05) is 34.6 Å². The van der Waals surface area contributed by atoms with Crippen LogP contribution in [-0.4, -0.2) is 51.8 Å². The summed E-state index contributed by atoms with van der Waals surface area (Å²) in [5.74, 6) is 0.781. The van der Waals surface area contributed by atoms with Crippen LogP contribution in [0.2, 0.25) is 0 Å². The summed E-state index contributed by atoms with van der Waals surface area (Å²) in [6, 6.07) is 0. The molecule has 0 saturated carbocycles. The number of hydrogen-bond donors (Lipinski definition) is 3. The van der Waals surface area contributed by atoms with Gasteiger partial charge in [-0.15, -0.1) is 24.0 Å². The highest BCUT2D eigenvalue weighted by molar-refractivity contribution is 14.0. The van der Waals surface area contributed by atoms with Crippen LogP contribution < -0.4 is 16.0 Å². The number of ether oxygens (including phenoxy) is 1. The van der Waals surface area contributed by atoms with Gasteiger partial charge in [-0.2, -0.15) is 0 Å². The molecule has 1 amide bonds. The predicted molar refractivity (Wildman–Crippen MR) is 103 cm³/mol. The van der Waals surface area contributed by atoms with Crippen LogP contribution in [0.25, 0.3) is 0 Å². The molecule has 132 valence electrons. The van der Waals surface area contributed by atoms with Crippen molar-refractivity contribution in [3.8, 4) is 0 Å². The molecular formula is C15H33IN4O2. The van der Waals surface area contributed by atoms with E-state index >= 15 is 0 Å². The highest BCUT2D eigenvalue weighted by Gasteiger charge is 2.24. The molecule has 6 nitrogen and oxygen atoms in total. The lowest BCUT2D eigenvalue weighted by Gasteiger charge is -2.30. The fourth-order valence-electron chi connectivity index (χ4n) is 1.72. The van der Waals surface area contributed by atoms with E-state index in [0.717, 1.165) is 0 Å². The van der Waals surface area contributed by atoms with Crippen molar-refractivity contribution >= 4 is 35.8 Å². The van der Waals surface area contributed by atoms with Crippen molar-refractivity contribution in [3.63, 3.8) is 0 Å². The number of aliphatic imine (C=N–C) groups is 1. The van der Waals surface area contributed by atoms with E-state index in [-0.39, 0.29) is 47.3 Å². The number of hydrogen-bond acceptors (Lipinski definition) is 3. The van der Waals surface area contributed by atoms with Gasteiger partial charge in [0.2, 0.25) is 5.91 Å². The average molecular weight is 428 g/mol. The van der Waals surface area contributed by atoms with Gasteiger partial charge in [0.25, 0.3) is 0 Å². The Hall–Kier alpha value is -0.570. The zero-order chi connectivity index (χ0) is 16.5. The smallest absolute Gasteiger partial charge is 0.222 e. The van der Waals surface area contributed by atoms with E-state index in [1.807, 2.05) is 13.8 Å². The summed E-state index contributed by atoms with van der Waals surface area (Å²) in [5, 5.41) is 9.26. The number of guanidine groups is 1. The van der Waals surface area contributed by atoms with Crippen LogP contribution in [0.3, 0.4) is 0 Å². The van der Waals surface area contributed by atoms with Crippen molar-refractivity contribution < 1.29 is 9.53 Å². The number of carbonyl (C=O) groups is 1. The van der Waals surface area contributed by atoms with E-state index < -0.39 is 0 Å². The van der Waals surface area contributed by atoms with Gasteiger partial charge in [-0.25, -0.2) is 0 Å². The van der Waals surface area contributed by atoms with Crippen LogP contribution in [-0.2, 0) is 9.53 Å². The Kier molecular flexibility index (Phi) is 12.8. The molecule has 0 aromatic carbocycles. The molecule has 0 aromatic rings. The van der Waals surface area contributed by atoms with Crippen molar-refractivity contribution in [3.05, 3.63) is 0 Å². The lowest BCUT2D eigenvalue weighted by molar-refractivity contribution is -0.123. The molecule has 0 fully saturated rings. The first-order valence-corrected chi connectivity index (χ1v) is 7.47. The van der Waals surface area contributed by atoms with Gasteiger partial charge in [0.1, 0.15) is 0 Å². The molecule has 7 heteroatoms. The monoisotopic (exact) mass is 428 g/mol. The van der Waals surface area contributed by atoms with Crippen LogP contribution in [0.1, 0.15) is 34.6 Å². The highest BCUT2D eigenvalue weighted by atomic mass is 127. The van der Waals surface area contributed by atoms with E-state index in [1.165, 1.54) is 0 Å². The number of carbonyl (C=O) groups excluding carboxylic acids is 1. The minimum absolute atomic E-state index is 0. The summed E-state index contributed by atoms with van der Waals surface area (Å²) in [5.41, 5.74) is 0.0613. The molecule has 0 rings (SSSR count). The van der Waals surface area contributed by atoms with Crippen LogP contribution in [0.15, 0.2) is 4.99 Å². The number of halogens is 1. The van der Waals surface area contributed by atoms with E-state index in [9.17, 15) is 4.79 Å². The molecule has 0 aliphatic rings. The third-order valence-electron chi connectivity index (χ3n) is 3.17. The summed E-state index contributed by atoms with van der Waals surface area (Å²) in [4.78, 5) is 15.6.